The maximum absolute atomic E-state index is 13.6. The van der Waals surface area contributed by atoms with Gasteiger partial charge in [-0.25, -0.2) is 14.8 Å². The minimum atomic E-state index is -1.20. The number of nitrogens with one attached hydrogen (secondary N) is 4. The van der Waals surface area contributed by atoms with Crippen LogP contribution in [0.3, 0.4) is 0 Å². The number of rotatable bonds is 12. The number of carboxylic acids is 1. The number of nitrogens with two attached hydrogens (primary N) is 1. The van der Waals surface area contributed by atoms with Gasteiger partial charge in [-0.2, -0.15) is 0 Å². The van der Waals surface area contributed by atoms with E-state index in [2.05, 4.69) is 30.6 Å². The van der Waals surface area contributed by atoms with Crippen LogP contribution in [0.1, 0.15) is 44.5 Å². The first-order valence-corrected chi connectivity index (χ1v) is 12.0. The Hall–Kier alpha value is -3.74. The Morgan fingerprint density at radius 3 is 2.22 bits per heavy atom. The lowest BCUT2D eigenvalue weighted by Crippen LogP contribution is -2.57. The van der Waals surface area contributed by atoms with Crippen molar-refractivity contribution in [3.63, 3.8) is 0 Å². The quantitative estimate of drug-likeness (QED) is 0.219. The molecule has 0 aromatic carbocycles. The average Bonchev–Trinajstić information content (AvgIpc) is 3.59. The third-order valence-electron chi connectivity index (χ3n) is 6.09. The van der Waals surface area contributed by atoms with E-state index >= 15 is 0 Å². The molecule has 0 spiro atoms. The van der Waals surface area contributed by atoms with E-state index in [4.69, 9.17) is 5.73 Å². The van der Waals surface area contributed by atoms with Crippen LogP contribution in [0.5, 0.6) is 0 Å². The summed E-state index contributed by atoms with van der Waals surface area (Å²) in [7, 11) is 0. The van der Waals surface area contributed by atoms with E-state index in [1.807, 2.05) is 13.8 Å². The van der Waals surface area contributed by atoms with Gasteiger partial charge in [0.2, 0.25) is 17.7 Å². The Balaban J connectivity index is 1.72. The van der Waals surface area contributed by atoms with Crippen molar-refractivity contribution < 1.29 is 24.3 Å². The summed E-state index contributed by atoms with van der Waals surface area (Å²) in [5.74, 6) is -2.45. The van der Waals surface area contributed by atoms with E-state index in [0.717, 1.165) is 0 Å². The number of nitrogens with zero attached hydrogens (tertiary/aromatic N) is 3. The van der Waals surface area contributed by atoms with E-state index < -0.39 is 47.9 Å². The molecule has 4 atom stereocenters. The molecule has 2 aromatic heterocycles. The van der Waals surface area contributed by atoms with Crippen LogP contribution in [0.15, 0.2) is 25.0 Å². The molecule has 3 heterocycles. The van der Waals surface area contributed by atoms with Crippen molar-refractivity contribution in [3.8, 4) is 0 Å². The van der Waals surface area contributed by atoms with E-state index in [9.17, 15) is 24.3 Å². The number of carbonyl (C=O) groups excluding carboxylic acids is 3. The number of aliphatic carboxylic acids is 1. The topological polar surface area (TPSA) is 199 Å². The molecule has 0 unspecified atom stereocenters. The number of likely N-dealkylation sites (tertiary alicyclic amines) is 1. The highest BCUT2D eigenvalue weighted by Gasteiger charge is 2.39. The van der Waals surface area contributed by atoms with E-state index in [1.165, 1.54) is 23.8 Å². The molecular formula is C23H34N8O5. The van der Waals surface area contributed by atoms with Crippen LogP contribution >= 0.6 is 0 Å². The van der Waals surface area contributed by atoms with Gasteiger partial charge in [0.15, 0.2) is 0 Å². The zero-order valence-electron chi connectivity index (χ0n) is 20.4. The first-order chi connectivity index (χ1) is 17.2. The molecule has 1 fully saturated rings. The molecule has 13 nitrogen and oxygen atoms in total. The number of aromatic nitrogens is 4. The number of aromatic amines is 2. The lowest BCUT2D eigenvalue weighted by atomic mass is 10.0. The highest BCUT2D eigenvalue weighted by atomic mass is 16.4. The van der Waals surface area contributed by atoms with Crippen LogP contribution < -0.4 is 16.4 Å². The molecule has 2 aromatic rings. The van der Waals surface area contributed by atoms with Gasteiger partial charge in [0, 0.05) is 43.2 Å². The molecule has 1 aliphatic heterocycles. The number of H-pyrrole nitrogens is 2. The van der Waals surface area contributed by atoms with E-state index in [0.29, 0.717) is 37.2 Å². The predicted octanol–water partition coefficient (Wildman–Crippen LogP) is -0.663. The molecule has 7 N–H and O–H groups in total. The predicted molar refractivity (Wildman–Crippen MR) is 128 cm³/mol. The Labute approximate surface area is 208 Å². The summed E-state index contributed by atoms with van der Waals surface area (Å²) in [4.78, 5) is 66.1. The van der Waals surface area contributed by atoms with E-state index in [-0.39, 0.29) is 18.8 Å². The SMILES string of the molecule is CC(C)C[C@H](N)C(=O)N[C@@H](Cc1cnc[nH]1)C(=O)N1CCC[C@H]1C(=O)N[C@@H](Cc1cnc[nH]1)C(=O)O. The van der Waals surface area contributed by atoms with Gasteiger partial charge in [0.05, 0.1) is 18.7 Å². The lowest BCUT2D eigenvalue weighted by molar-refractivity contribution is -0.145. The first-order valence-electron chi connectivity index (χ1n) is 12.0. The summed E-state index contributed by atoms with van der Waals surface area (Å²) in [5.41, 5.74) is 7.22. The van der Waals surface area contributed by atoms with Crippen molar-refractivity contribution in [1.29, 1.82) is 0 Å². The van der Waals surface area contributed by atoms with Crippen LogP contribution in [-0.4, -0.2) is 84.3 Å². The Morgan fingerprint density at radius 2 is 1.69 bits per heavy atom. The number of carboxylic acid groups (broad SMARTS) is 1. The smallest absolute Gasteiger partial charge is 0.326 e. The monoisotopic (exact) mass is 502 g/mol. The molecule has 0 aliphatic carbocycles. The average molecular weight is 503 g/mol. The molecule has 3 rings (SSSR count). The summed E-state index contributed by atoms with van der Waals surface area (Å²) < 4.78 is 0. The Morgan fingerprint density at radius 1 is 1.08 bits per heavy atom. The third-order valence-corrected chi connectivity index (χ3v) is 6.09. The van der Waals surface area contributed by atoms with Gasteiger partial charge in [-0.1, -0.05) is 13.8 Å². The van der Waals surface area contributed by atoms with Gasteiger partial charge in [-0.05, 0) is 25.2 Å². The highest BCUT2D eigenvalue weighted by molar-refractivity contribution is 5.94. The fourth-order valence-electron chi connectivity index (χ4n) is 4.30. The Bertz CT molecular complexity index is 1020. The van der Waals surface area contributed by atoms with Crippen molar-refractivity contribution in [2.24, 2.45) is 11.7 Å². The molecule has 196 valence electrons. The van der Waals surface area contributed by atoms with Crippen LogP contribution in [-0.2, 0) is 32.0 Å². The van der Waals surface area contributed by atoms with Crippen LogP contribution in [0.2, 0.25) is 0 Å². The summed E-state index contributed by atoms with van der Waals surface area (Å²) in [6.07, 6.45) is 7.51. The highest BCUT2D eigenvalue weighted by Crippen LogP contribution is 2.20. The van der Waals surface area contributed by atoms with Crippen molar-refractivity contribution in [2.75, 3.05) is 6.54 Å². The minimum absolute atomic E-state index is 0.0218. The normalized spacial score (nSPS) is 18.0. The molecule has 1 saturated heterocycles. The Kier molecular flexibility index (Phi) is 9.17. The molecule has 0 radical (unpaired) electrons. The summed E-state index contributed by atoms with van der Waals surface area (Å²) >= 11 is 0. The van der Waals surface area contributed by atoms with E-state index in [1.54, 1.807) is 6.20 Å². The molecule has 36 heavy (non-hydrogen) atoms. The number of carbonyl (C=O) groups is 4. The number of amides is 3. The minimum Gasteiger partial charge on any atom is -0.480 e. The molecule has 0 saturated carbocycles. The van der Waals surface area contributed by atoms with Crippen molar-refractivity contribution in [2.45, 2.75) is 70.1 Å². The van der Waals surface area contributed by atoms with Gasteiger partial charge in [0.25, 0.3) is 0 Å². The van der Waals surface area contributed by atoms with Crippen LogP contribution in [0.25, 0.3) is 0 Å². The molecule has 1 aliphatic rings. The second kappa shape index (κ2) is 12.3. The summed E-state index contributed by atoms with van der Waals surface area (Å²) in [6, 6.07) is -3.79. The van der Waals surface area contributed by atoms with Gasteiger partial charge in [-0.15, -0.1) is 0 Å². The third kappa shape index (κ3) is 7.13. The molecule has 13 heteroatoms. The first kappa shape index (κ1) is 26.9. The fraction of sp³-hybridized carbons (Fsp3) is 0.565. The maximum Gasteiger partial charge on any atom is 0.326 e. The largest absolute Gasteiger partial charge is 0.480 e. The second-order valence-corrected chi connectivity index (χ2v) is 9.45. The molecular weight excluding hydrogens is 468 g/mol. The van der Waals surface area contributed by atoms with Crippen molar-refractivity contribution >= 4 is 23.7 Å². The van der Waals surface area contributed by atoms with Crippen molar-refractivity contribution in [3.05, 3.63) is 36.4 Å². The van der Waals surface area contributed by atoms with Crippen LogP contribution in [0.4, 0.5) is 0 Å². The maximum atomic E-state index is 13.6. The summed E-state index contributed by atoms with van der Waals surface area (Å²) in [5, 5.41) is 14.9. The number of hydrogen-bond donors (Lipinski definition) is 6. The molecule has 3 amide bonds. The van der Waals surface area contributed by atoms with Gasteiger partial charge >= 0.3 is 5.97 Å². The molecule has 0 bridgehead atoms. The van der Waals surface area contributed by atoms with Crippen LogP contribution in [0, 0.1) is 5.92 Å². The summed E-state index contributed by atoms with van der Waals surface area (Å²) in [6.45, 7) is 4.21. The zero-order chi connectivity index (χ0) is 26.2. The standard InChI is InChI=1S/C23H34N8O5/c1-13(2)6-16(24)20(32)29-17(7-14-9-25-11-27-14)22(34)31-5-3-4-19(31)21(33)30-18(23(35)36)8-15-10-26-12-28-15/h9-13,16-19H,3-8,24H2,1-2H3,(H,25,27)(H,26,28)(H,29,32)(H,30,33)(H,35,36)/t16-,17-,18-,19-/m0/s1. The second-order valence-electron chi connectivity index (χ2n) is 9.45. The zero-order valence-corrected chi connectivity index (χ0v) is 20.4. The fourth-order valence-corrected chi connectivity index (χ4v) is 4.30. The van der Waals surface area contributed by atoms with Crippen molar-refractivity contribution in [1.82, 2.24) is 35.5 Å². The number of imidazole rings is 2. The van der Waals surface area contributed by atoms with Gasteiger partial charge < -0.3 is 36.3 Å². The van der Waals surface area contributed by atoms with Gasteiger partial charge in [0.1, 0.15) is 18.1 Å². The van der Waals surface area contributed by atoms with Gasteiger partial charge in [-0.3, -0.25) is 14.4 Å². The lowest BCUT2D eigenvalue weighted by Gasteiger charge is -2.30. The number of hydrogen-bond acceptors (Lipinski definition) is 7.